The zero-order valence-corrected chi connectivity index (χ0v) is 9.43. The summed E-state index contributed by atoms with van der Waals surface area (Å²) in [5.74, 6) is -0.444. The minimum absolute atomic E-state index is 0.0343. The lowest BCUT2D eigenvalue weighted by atomic mass is 10.2. The van der Waals surface area contributed by atoms with Crippen LogP contribution in [0.5, 0.6) is 5.75 Å². The summed E-state index contributed by atoms with van der Waals surface area (Å²) < 4.78 is 12.9. The van der Waals surface area contributed by atoms with Crippen LogP contribution in [0.4, 0.5) is 4.39 Å². The molecule has 0 bridgehead atoms. The van der Waals surface area contributed by atoms with Crippen molar-refractivity contribution in [2.75, 3.05) is 0 Å². The molecule has 1 aromatic carbocycles. The highest BCUT2D eigenvalue weighted by molar-refractivity contribution is 7.09. The maximum atomic E-state index is 12.9. The van der Waals surface area contributed by atoms with Crippen molar-refractivity contribution in [3.63, 3.8) is 0 Å². The van der Waals surface area contributed by atoms with E-state index in [0.29, 0.717) is 6.54 Å². The first-order valence-electron chi connectivity index (χ1n) is 4.95. The van der Waals surface area contributed by atoms with Crippen molar-refractivity contribution in [3.05, 3.63) is 52.0 Å². The fourth-order valence-corrected chi connectivity index (χ4v) is 2.15. The molecule has 1 aromatic heterocycles. The smallest absolute Gasteiger partial charge is 0.127 e. The van der Waals surface area contributed by atoms with Crippen LogP contribution in [0.1, 0.15) is 10.4 Å². The van der Waals surface area contributed by atoms with Gasteiger partial charge in [-0.25, -0.2) is 4.39 Å². The van der Waals surface area contributed by atoms with Crippen LogP contribution in [0.15, 0.2) is 35.7 Å². The van der Waals surface area contributed by atoms with Crippen molar-refractivity contribution in [2.45, 2.75) is 13.1 Å². The Hall–Kier alpha value is -1.39. The van der Waals surface area contributed by atoms with Gasteiger partial charge in [-0.3, -0.25) is 0 Å². The highest BCUT2D eigenvalue weighted by atomic mass is 32.1. The van der Waals surface area contributed by atoms with E-state index in [1.54, 1.807) is 17.4 Å². The van der Waals surface area contributed by atoms with Gasteiger partial charge in [0.25, 0.3) is 0 Å². The Morgan fingerprint density at radius 2 is 2.12 bits per heavy atom. The summed E-state index contributed by atoms with van der Waals surface area (Å²) in [6.45, 7) is 1.30. The van der Waals surface area contributed by atoms with Crippen molar-refractivity contribution in [1.82, 2.24) is 5.32 Å². The van der Waals surface area contributed by atoms with E-state index in [2.05, 4.69) is 5.32 Å². The topological polar surface area (TPSA) is 32.3 Å². The Bertz CT molecular complexity index is 436. The fraction of sp³-hybridized carbons (Fsp3) is 0.167. The van der Waals surface area contributed by atoms with Gasteiger partial charge in [0.1, 0.15) is 11.6 Å². The minimum Gasteiger partial charge on any atom is -0.508 e. The predicted molar refractivity (Wildman–Crippen MR) is 62.9 cm³/mol. The lowest BCUT2D eigenvalue weighted by Crippen LogP contribution is -2.11. The first-order valence-corrected chi connectivity index (χ1v) is 5.83. The zero-order chi connectivity index (χ0) is 11.4. The van der Waals surface area contributed by atoms with E-state index in [0.717, 1.165) is 18.2 Å². The summed E-state index contributed by atoms with van der Waals surface area (Å²) in [6, 6.07) is 8.12. The summed E-state index contributed by atoms with van der Waals surface area (Å²) in [5.41, 5.74) is 0.744. The Labute approximate surface area is 97.4 Å². The van der Waals surface area contributed by atoms with Crippen molar-refractivity contribution in [2.24, 2.45) is 0 Å². The average Bonchev–Trinajstić information content (AvgIpc) is 2.69. The maximum absolute atomic E-state index is 12.9. The number of aromatic hydroxyl groups is 1. The molecule has 0 aliphatic heterocycles. The molecule has 2 N–H and O–H groups in total. The number of halogens is 1. The molecule has 0 fully saturated rings. The second kappa shape index (κ2) is 5.09. The lowest BCUT2D eigenvalue weighted by molar-refractivity contribution is 0.467. The number of phenols is 1. The van der Waals surface area contributed by atoms with Crippen LogP contribution in [-0.4, -0.2) is 5.11 Å². The number of rotatable bonds is 4. The number of hydrogen-bond acceptors (Lipinski definition) is 3. The third kappa shape index (κ3) is 3.05. The van der Waals surface area contributed by atoms with Gasteiger partial charge < -0.3 is 10.4 Å². The van der Waals surface area contributed by atoms with Crippen molar-refractivity contribution in [3.8, 4) is 5.75 Å². The first kappa shape index (κ1) is 11.1. The third-order valence-electron chi connectivity index (χ3n) is 2.15. The highest BCUT2D eigenvalue weighted by Crippen LogP contribution is 2.14. The van der Waals surface area contributed by atoms with E-state index >= 15 is 0 Å². The van der Waals surface area contributed by atoms with E-state index in [4.69, 9.17) is 0 Å². The molecule has 2 aromatic rings. The summed E-state index contributed by atoms with van der Waals surface area (Å²) in [7, 11) is 0. The van der Waals surface area contributed by atoms with Gasteiger partial charge in [-0.15, -0.1) is 11.3 Å². The molecule has 0 saturated heterocycles. The molecule has 4 heteroatoms. The Balaban J connectivity index is 1.89. The normalized spacial score (nSPS) is 10.6. The number of phenolic OH excluding ortho intramolecular Hbond substituents is 1. The van der Waals surface area contributed by atoms with Gasteiger partial charge in [-0.1, -0.05) is 6.07 Å². The van der Waals surface area contributed by atoms with Gasteiger partial charge in [0.2, 0.25) is 0 Å². The quantitative estimate of drug-likeness (QED) is 0.857. The van der Waals surface area contributed by atoms with Crippen molar-refractivity contribution < 1.29 is 9.50 Å². The van der Waals surface area contributed by atoms with Gasteiger partial charge in [0.05, 0.1) is 0 Å². The number of benzene rings is 1. The molecule has 0 unspecified atom stereocenters. The molecule has 0 saturated carbocycles. The van der Waals surface area contributed by atoms with Gasteiger partial charge in [0.15, 0.2) is 0 Å². The van der Waals surface area contributed by atoms with E-state index in [1.807, 2.05) is 17.5 Å². The molecule has 0 aliphatic rings. The van der Waals surface area contributed by atoms with Crippen LogP contribution in [0.2, 0.25) is 0 Å². The third-order valence-corrected chi connectivity index (χ3v) is 3.03. The van der Waals surface area contributed by atoms with Crippen LogP contribution in [0.3, 0.4) is 0 Å². The van der Waals surface area contributed by atoms with Crippen LogP contribution in [0, 0.1) is 5.82 Å². The molecule has 2 nitrogen and oxygen atoms in total. The Morgan fingerprint density at radius 3 is 2.81 bits per heavy atom. The molecule has 0 atom stereocenters. The fourth-order valence-electron chi connectivity index (χ4n) is 1.48. The van der Waals surface area contributed by atoms with Crippen LogP contribution in [0.25, 0.3) is 0 Å². The van der Waals surface area contributed by atoms with Crippen LogP contribution >= 0.6 is 11.3 Å². The lowest BCUT2D eigenvalue weighted by Gasteiger charge is -2.04. The molecular formula is C12H12FNOS. The van der Waals surface area contributed by atoms with E-state index in [-0.39, 0.29) is 5.75 Å². The van der Waals surface area contributed by atoms with Crippen LogP contribution < -0.4 is 5.32 Å². The monoisotopic (exact) mass is 237 g/mol. The predicted octanol–water partition coefficient (Wildman–Crippen LogP) is 2.88. The first-order chi connectivity index (χ1) is 7.74. The summed E-state index contributed by atoms with van der Waals surface area (Å²) in [6.07, 6.45) is 0. The van der Waals surface area contributed by atoms with Gasteiger partial charge in [0, 0.05) is 24.0 Å². The average molecular weight is 237 g/mol. The van der Waals surface area contributed by atoms with Crippen molar-refractivity contribution >= 4 is 11.3 Å². The number of nitrogens with one attached hydrogen (secondary N) is 1. The SMILES string of the molecule is Oc1cc(F)cc(CNCc2cccs2)c1. The van der Waals surface area contributed by atoms with Gasteiger partial charge >= 0.3 is 0 Å². The molecule has 0 aliphatic carbocycles. The number of thiophene rings is 1. The molecule has 16 heavy (non-hydrogen) atoms. The zero-order valence-electron chi connectivity index (χ0n) is 8.61. The van der Waals surface area contributed by atoms with Gasteiger partial charge in [-0.2, -0.15) is 0 Å². The summed E-state index contributed by atoms with van der Waals surface area (Å²) >= 11 is 1.68. The Kier molecular flexibility index (Phi) is 3.54. The largest absolute Gasteiger partial charge is 0.508 e. The number of hydrogen-bond donors (Lipinski definition) is 2. The standard InChI is InChI=1S/C12H12FNOS/c13-10-4-9(5-11(15)6-10)7-14-8-12-2-1-3-16-12/h1-6,14-15H,7-8H2. The van der Waals surface area contributed by atoms with Gasteiger partial charge in [-0.05, 0) is 29.1 Å². The van der Waals surface area contributed by atoms with E-state index in [1.165, 1.54) is 10.9 Å². The highest BCUT2D eigenvalue weighted by Gasteiger charge is 2.00. The molecule has 84 valence electrons. The second-order valence-electron chi connectivity index (χ2n) is 3.50. The molecule has 2 rings (SSSR count). The van der Waals surface area contributed by atoms with Crippen LogP contribution in [-0.2, 0) is 13.1 Å². The molecule has 0 amide bonds. The van der Waals surface area contributed by atoms with E-state index in [9.17, 15) is 9.50 Å². The summed E-state index contributed by atoms with van der Waals surface area (Å²) in [4.78, 5) is 1.24. The molecule has 0 spiro atoms. The molecular weight excluding hydrogens is 225 g/mol. The van der Waals surface area contributed by atoms with E-state index < -0.39 is 5.82 Å². The van der Waals surface area contributed by atoms with Crippen molar-refractivity contribution in [1.29, 1.82) is 0 Å². The maximum Gasteiger partial charge on any atom is 0.127 e. The Morgan fingerprint density at radius 1 is 1.25 bits per heavy atom. The minimum atomic E-state index is -0.409. The second-order valence-corrected chi connectivity index (χ2v) is 4.53. The summed E-state index contributed by atoms with van der Waals surface area (Å²) in [5, 5.41) is 14.4. The molecule has 0 radical (unpaired) electrons. The molecule has 1 heterocycles.